The zero-order valence-electron chi connectivity index (χ0n) is 19.5. The van der Waals surface area contributed by atoms with E-state index in [-0.39, 0.29) is 36.1 Å². The Hall–Kier alpha value is -2.65. The Morgan fingerprint density at radius 2 is 1.94 bits per heavy atom. The van der Waals surface area contributed by atoms with Gasteiger partial charge in [-0.05, 0) is 54.8 Å². The molecule has 4 rings (SSSR count). The highest BCUT2D eigenvalue weighted by molar-refractivity contribution is 8.15. The highest BCUT2D eigenvalue weighted by Crippen LogP contribution is 2.29. The molecule has 0 spiro atoms. The predicted molar refractivity (Wildman–Crippen MR) is 138 cm³/mol. The van der Waals surface area contributed by atoms with Crippen molar-refractivity contribution in [2.45, 2.75) is 50.8 Å². The summed E-state index contributed by atoms with van der Waals surface area (Å²) >= 11 is 3.00. The molecule has 0 unspecified atom stereocenters. The quantitative estimate of drug-likeness (QED) is 0.578. The molecule has 7 nitrogen and oxygen atoms in total. The second-order valence-corrected chi connectivity index (χ2v) is 11.1. The minimum absolute atomic E-state index is 0.0502. The van der Waals surface area contributed by atoms with Gasteiger partial charge in [0, 0.05) is 35.6 Å². The fourth-order valence-electron chi connectivity index (χ4n) is 4.11. The zero-order valence-corrected chi connectivity index (χ0v) is 21.1. The van der Waals surface area contributed by atoms with Gasteiger partial charge in [0.15, 0.2) is 5.17 Å². The summed E-state index contributed by atoms with van der Waals surface area (Å²) in [7, 11) is 0. The van der Waals surface area contributed by atoms with Crippen LogP contribution in [0, 0.1) is 5.92 Å². The molecule has 2 aromatic rings. The minimum Gasteiger partial charge on any atom is -0.351 e. The number of amides is 3. The second-order valence-electron chi connectivity index (χ2n) is 8.93. The lowest BCUT2D eigenvalue weighted by Crippen LogP contribution is -2.33. The Balaban J connectivity index is 1.33. The van der Waals surface area contributed by atoms with E-state index in [0.29, 0.717) is 11.3 Å². The van der Waals surface area contributed by atoms with E-state index in [0.717, 1.165) is 36.0 Å². The molecule has 3 heterocycles. The maximum absolute atomic E-state index is 12.9. The fourth-order valence-corrected chi connectivity index (χ4v) is 6.17. The van der Waals surface area contributed by atoms with Gasteiger partial charge >= 0.3 is 0 Å². The Kier molecular flexibility index (Phi) is 8.05. The number of amidine groups is 1. The van der Waals surface area contributed by atoms with Crippen molar-refractivity contribution < 1.29 is 14.4 Å². The number of anilines is 1. The monoisotopic (exact) mass is 498 g/mol. The predicted octanol–water partition coefficient (Wildman–Crippen LogP) is 4.69. The number of thiophene rings is 1. The lowest BCUT2D eigenvalue weighted by atomic mass is 10.0. The van der Waals surface area contributed by atoms with Crippen molar-refractivity contribution in [2.75, 3.05) is 18.4 Å². The molecule has 1 aromatic heterocycles. The summed E-state index contributed by atoms with van der Waals surface area (Å²) in [5, 5.41) is 8.19. The third-order valence-corrected chi connectivity index (χ3v) is 8.11. The van der Waals surface area contributed by atoms with E-state index in [1.165, 1.54) is 18.2 Å². The van der Waals surface area contributed by atoms with Gasteiger partial charge in [-0.15, -0.1) is 11.3 Å². The summed E-state index contributed by atoms with van der Waals surface area (Å²) in [6.45, 7) is 5.97. The van der Waals surface area contributed by atoms with Crippen LogP contribution in [0.25, 0.3) is 0 Å². The summed E-state index contributed by atoms with van der Waals surface area (Å²) in [6.07, 6.45) is 3.47. The largest absolute Gasteiger partial charge is 0.351 e. The number of nitrogens with zero attached hydrogens (tertiary/aromatic N) is 2. The maximum Gasteiger partial charge on any atom is 0.262 e. The van der Waals surface area contributed by atoms with Crippen LogP contribution in [0.4, 0.5) is 5.69 Å². The van der Waals surface area contributed by atoms with Gasteiger partial charge in [0.2, 0.25) is 5.91 Å². The molecule has 9 heteroatoms. The number of likely N-dealkylation sites (tertiary alicyclic amines) is 1. The van der Waals surface area contributed by atoms with Crippen LogP contribution in [0.5, 0.6) is 0 Å². The zero-order chi connectivity index (χ0) is 24.1. The first kappa shape index (κ1) is 24.5. The van der Waals surface area contributed by atoms with Crippen LogP contribution < -0.4 is 10.6 Å². The molecule has 0 aliphatic carbocycles. The molecule has 1 aromatic carbocycles. The fraction of sp³-hybridized carbons (Fsp3) is 0.440. The molecule has 0 bridgehead atoms. The summed E-state index contributed by atoms with van der Waals surface area (Å²) in [5.41, 5.74) is 1.00. The van der Waals surface area contributed by atoms with Gasteiger partial charge in [-0.1, -0.05) is 37.7 Å². The highest BCUT2D eigenvalue weighted by Gasteiger charge is 2.33. The average molecular weight is 499 g/mol. The van der Waals surface area contributed by atoms with E-state index in [1.807, 2.05) is 17.5 Å². The molecule has 1 saturated heterocycles. The van der Waals surface area contributed by atoms with Crippen LogP contribution in [-0.4, -0.2) is 46.1 Å². The minimum atomic E-state index is -0.499. The van der Waals surface area contributed by atoms with Crippen molar-refractivity contribution in [1.29, 1.82) is 0 Å². The number of thioether (sulfide) groups is 1. The molecule has 0 saturated carbocycles. The Bertz CT molecular complexity index is 1060. The summed E-state index contributed by atoms with van der Waals surface area (Å²) in [6, 6.07) is 10.8. The summed E-state index contributed by atoms with van der Waals surface area (Å²) in [4.78, 5) is 45.4. The first-order chi connectivity index (χ1) is 16.4. The van der Waals surface area contributed by atoms with E-state index < -0.39 is 5.25 Å². The van der Waals surface area contributed by atoms with Crippen molar-refractivity contribution in [3.63, 3.8) is 0 Å². The van der Waals surface area contributed by atoms with E-state index in [1.54, 1.807) is 35.6 Å². The lowest BCUT2D eigenvalue weighted by Gasteiger charge is -2.27. The SMILES string of the molecule is CC(C)[C@H](NC(=O)c1cccc(NC(=O)C[C@@H]2SC(N3CCCCC3)=NC2=O)c1)c1cccs1. The summed E-state index contributed by atoms with van der Waals surface area (Å²) < 4.78 is 0. The number of hydrogen-bond acceptors (Lipinski definition) is 6. The van der Waals surface area contributed by atoms with Crippen LogP contribution in [0.15, 0.2) is 46.8 Å². The third kappa shape index (κ3) is 6.07. The van der Waals surface area contributed by atoms with E-state index >= 15 is 0 Å². The molecule has 0 radical (unpaired) electrons. The van der Waals surface area contributed by atoms with Gasteiger partial charge in [0.05, 0.1) is 6.04 Å². The summed E-state index contributed by atoms with van der Waals surface area (Å²) in [5.74, 6) is -0.465. The first-order valence-electron chi connectivity index (χ1n) is 11.7. The van der Waals surface area contributed by atoms with Gasteiger partial charge in [-0.3, -0.25) is 14.4 Å². The van der Waals surface area contributed by atoms with Crippen LogP contribution in [0.2, 0.25) is 0 Å². The normalized spacial score (nSPS) is 19.1. The highest BCUT2D eigenvalue weighted by atomic mass is 32.2. The molecule has 1 fully saturated rings. The molecule has 2 aliphatic rings. The molecule has 3 amide bonds. The smallest absolute Gasteiger partial charge is 0.262 e. The van der Waals surface area contributed by atoms with Crippen LogP contribution in [0.3, 0.4) is 0 Å². The van der Waals surface area contributed by atoms with Gasteiger partial charge in [0.25, 0.3) is 11.8 Å². The van der Waals surface area contributed by atoms with Crippen molar-refractivity contribution in [3.8, 4) is 0 Å². The van der Waals surface area contributed by atoms with E-state index in [4.69, 9.17) is 0 Å². The average Bonchev–Trinajstić information content (AvgIpc) is 3.48. The van der Waals surface area contributed by atoms with Gasteiger partial charge in [-0.25, -0.2) is 0 Å². The second kappa shape index (κ2) is 11.2. The third-order valence-electron chi connectivity index (χ3n) is 5.94. The topological polar surface area (TPSA) is 90.9 Å². The number of hydrogen-bond donors (Lipinski definition) is 2. The number of piperidine rings is 1. The molecule has 2 aliphatic heterocycles. The molecule has 34 heavy (non-hydrogen) atoms. The van der Waals surface area contributed by atoms with Gasteiger partial charge < -0.3 is 15.5 Å². The van der Waals surface area contributed by atoms with Crippen molar-refractivity contribution in [2.24, 2.45) is 10.9 Å². The maximum atomic E-state index is 12.9. The van der Waals surface area contributed by atoms with Crippen molar-refractivity contribution >= 4 is 51.7 Å². The molecular formula is C25H30N4O3S2. The number of rotatable bonds is 7. The Morgan fingerprint density at radius 1 is 1.15 bits per heavy atom. The van der Waals surface area contributed by atoms with E-state index in [2.05, 4.69) is 34.4 Å². The van der Waals surface area contributed by atoms with E-state index in [9.17, 15) is 14.4 Å². The first-order valence-corrected chi connectivity index (χ1v) is 13.4. The number of carbonyl (C=O) groups excluding carboxylic acids is 3. The number of carbonyl (C=O) groups is 3. The number of nitrogens with one attached hydrogen (secondary N) is 2. The standard InChI is InChI=1S/C25H30N4O3S2/c1-16(2)22(19-10-7-13-33-19)27-23(31)17-8-6-9-18(14-17)26-21(30)15-20-24(32)28-25(34-20)29-11-4-3-5-12-29/h6-10,13-14,16,20,22H,3-5,11-12,15H2,1-2H3,(H,26,30)(H,27,31)/t20-,22-/m0/s1. The Morgan fingerprint density at radius 3 is 2.65 bits per heavy atom. The molecule has 2 atom stereocenters. The van der Waals surface area contributed by atoms with Crippen LogP contribution in [0.1, 0.15) is 60.8 Å². The van der Waals surface area contributed by atoms with Crippen molar-refractivity contribution in [1.82, 2.24) is 10.2 Å². The molecular weight excluding hydrogens is 468 g/mol. The van der Waals surface area contributed by atoms with Crippen molar-refractivity contribution in [3.05, 3.63) is 52.2 Å². The number of aliphatic imine (C=N–C) groups is 1. The van der Waals surface area contributed by atoms with Gasteiger partial charge in [0.1, 0.15) is 5.25 Å². The lowest BCUT2D eigenvalue weighted by molar-refractivity contribution is -0.121. The number of benzene rings is 1. The van der Waals surface area contributed by atoms with Crippen LogP contribution >= 0.6 is 23.1 Å². The Labute approximate surface area is 208 Å². The van der Waals surface area contributed by atoms with Gasteiger partial charge in [-0.2, -0.15) is 4.99 Å². The van der Waals surface area contributed by atoms with Crippen LogP contribution in [-0.2, 0) is 9.59 Å². The molecule has 2 N–H and O–H groups in total. The molecule has 180 valence electrons.